The Balaban J connectivity index is -0.0000000828. The number of rotatable bonds is 28. The van der Waals surface area contributed by atoms with Gasteiger partial charge >= 0.3 is 0 Å². The number of ether oxygens (including phenoxy) is 4. The van der Waals surface area contributed by atoms with E-state index < -0.39 is 0 Å². The van der Waals surface area contributed by atoms with E-state index in [1.165, 1.54) is 28.4 Å². The molecule has 0 spiro atoms. The number of nitrogens with zero attached hydrogens (tertiary/aromatic N) is 8. The summed E-state index contributed by atoms with van der Waals surface area (Å²) in [6, 6.07) is 38.1. The monoisotopic (exact) mass is 2160 g/mol. The topological polar surface area (TPSA) is 492 Å². The molecule has 0 saturated carbocycles. The molecule has 0 fully saturated rings. The number of hydrogen-bond donors (Lipinski definition) is 0. The quantitative estimate of drug-likeness (QED) is 0.0411. The van der Waals surface area contributed by atoms with Crippen LogP contribution in [0.25, 0.3) is 0 Å². The second kappa shape index (κ2) is 123. The third-order valence-electron chi connectivity index (χ3n) is 14.0. The van der Waals surface area contributed by atoms with Gasteiger partial charge in [0.25, 0.3) is 0 Å². The summed E-state index contributed by atoms with van der Waals surface area (Å²) in [5, 5.41) is 124. The minimum Gasteiger partial charge on any atom is -2.00 e. The molecular formula is C92H140Cl8N8O20V4-20. The van der Waals surface area contributed by atoms with Crippen molar-refractivity contribution in [2.24, 2.45) is 0 Å². The summed E-state index contributed by atoms with van der Waals surface area (Å²) in [5.74, 6) is 1.49. The summed E-state index contributed by atoms with van der Waals surface area (Å²) in [6.07, 6.45) is 13.2. The Kier molecular flexibility index (Phi) is 153. The summed E-state index contributed by atoms with van der Waals surface area (Å²) < 4.78 is 20.5. The van der Waals surface area contributed by atoms with Crippen molar-refractivity contribution in [1.82, 2.24) is 39.5 Å². The Morgan fingerprint density at radius 3 is 0.485 bits per heavy atom. The van der Waals surface area contributed by atoms with Crippen LogP contribution in [0.1, 0.15) is 174 Å². The van der Waals surface area contributed by atoms with Crippen LogP contribution < -0.4 is 80.2 Å². The molecule has 8 rings (SSSR count). The molecule has 8 aromatic rings. The predicted molar refractivity (Wildman–Crippen MR) is 497 cm³/mol. The number of benzene rings is 4. The normalized spacial score (nSPS) is 8.91. The van der Waals surface area contributed by atoms with Crippen molar-refractivity contribution < 1.29 is 176 Å². The molecular weight excluding hydrogens is 2020 g/mol. The zero-order valence-electron chi connectivity index (χ0n) is 80.2. The van der Waals surface area contributed by atoms with Crippen molar-refractivity contribution in [1.29, 1.82) is 0 Å². The summed E-state index contributed by atoms with van der Waals surface area (Å²) in [6.45, 7) is 28.5. The predicted octanol–water partition coefficient (Wildman–Crippen LogP) is 11.7. The van der Waals surface area contributed by atoms with E-state index in [4.69, 9.17) is 112 Å². The number of hydrogen-bond acceptors (Lipinski definition) is 24. The average Bonchev–Trinajstić information content (AvgIpc) is 0.855. The Morgan fingerprint density at radius 1 is 0.258 bits per heavy atom. The van der Waals surface area contributed by atoms with Crippen molar-refractivity contribution in [2.75, 3.05) is 131 Å². The zero-order valence-corrected chi connectivity index (χ0v) is 91.8. The van der Waals surface area contributed by atoms with E-state index in [0.717, 1.165) is 119 Å². The van der Waals surface area contributed by atoms with Crippen LogP contribution in [0.4, 0.5) is 0 Å². The van der Waals surface area contributed by atoms with Gasteiger partial charge in [0.2, 0.25) is 0 Å². The van der Waals surface area contributed by atoms with Crippen molar-refractivity contribution in [3.8, 4) is 46.0 Å². The Bertz CT molecular complexity index is 3110. The van der Waals surface area contributed by atoms with Crippen LogP contribution in [0.3, 0.4) is 0 Å². The zero-order chi connectivity index (χ0) is 96.3. The maximum atomic E-state index is 12.2. The van der Waals surface area contributed by atoms with E-state index in [1.807, 2.05) is 208 Å². The van der Waals surface area contributed by atoms with Gasteiger partial charge in [-0.2, -0.15) is 0 Å². The molecule has 0 aliphatic rings. The van der Waals surface area contributed by atoms with Crippen LogP contribution in [0, 0.1) is 27.7 Å². The molecule has 0 aliphatic heterocycles. The summed E-state index contributed by atoms with van der Waals surface area (Å²) in [7, 11) is 14.0. The number of methoxy groups -OCH3 is 4. The summed E-state index contributed by atoms with van der Waals surface area (Å²) in [4.78, 5) is 25.4. The van der Waals surface area contributed by atoms with Crippen LogP contribution in [-0.4, -0.2) is 170 Å². The van der Waals surface area contributed by atoms with E-state index in [-0.39, 0.29) is 193 Å². The summed E-state index contributed by atoms with van der Waals surface area (Å²) >= 11 is 38.1. The van der Waals surface area contributed by atoms with E-state index in [9.17, 15) is 61.3 Å². The summed E-state index contributed by atoms with van der Waals surface area (Å²) in [5.41, 5.74) is 11.1. The van der Waals surface area contributed by atoms with Crippen LogP contribution in [0.2, 0.25) is 0 Å². The van der Waals surface area contributed by atoms with E-state index in [2.05, 4.69) is 39.5 Å². The number of alkyl halides is 8. The first-order chi connectivity index (χ1) is 59.4. The number of aromatic nitrogens is 4. The molecule has 0 bridgehead atoms. The Morgan fingerprint density at radius 2 is 0.386 bits per heavy atom. The number of pyridine rings is 4. The van der Waals surface area contributed by atoms with Gasteiger partial charge < -0.3 is 102 Å². The van der Waals surface area contributed by atoms with Crippen LogP contribution in [-0.2, 0) is 148 Å². The maximum absolute atomic E-state index is 12.2. The van der Waals surface area contributed by atoms with Gasteiger partial charge in [-0.15, -0.1) is 146 Å². The van der Waals surface area contributed by atoms with E-state index >= 15 is 0 Å². The Hall–Kier alpha value is -4.10. The molecule has 4 aromatic heterocycles. The molecule has 4 heterocycles. The van der Waals surface area contributed by atoms with Crippen molar-refractivity contribution >= 4 is 92.8 Å². The van der Waals surface area contributed by atoms with Crippen LogP contribution in [0.15, 0.2) is 146 Å². The first-order valence-corrected chi connectivity index (χ1v) is 44.5. The largest absolute Gasteiger partial charge is 2.00 e. The van der Waals surface area contributed by atoms with Gasteiger partial charge in [0.05, 0.1) is 72.6 Å². The first-order valence-electron chi connectivity index (χ1n) is 40.2. The molecule has 4 radical (unpaired) electrons. The third kappa shape index (κ3) is 100. The van der Waals surface area contributed by atoms with Gasteiger partial charge in [-0.3, -0.25) is 39.5 Å². The maximum Gasteiger partial charge on any atom is 0.111 e. The fourth-order valence-corrected chi connectivity index (χ4v) is 8.79. The van der Waals surface area contributed by atoms with E-state index in [1.54, 1.807) is 49.1 Å². The van der Waals surface area contributed by atoms with Crippen molar-refractivity contribution in [3.05, 3.63) is 213 Å². The number of aryl methyl sites for hydroxylation is 4. The molecule has 0 N–H and O–H groups in total. The first kappa shape index (κ1) is 164. The van der Waals surface area contributed by atoms with E-state index in [0.29, 0.717) is 75.4 Å². The standard InChI is InChI=1S/4C16H20N2O2.8C3H7O.4CH2Cl2.4O.4V/c4*1-12-8-13(16(19)15(9-12)20-3)10-18(2)11-14-6-4-5-7-17-14;8*1-2-3-4;4*2-1-3;;;;;;;;/h4*4-9,19H,10-11H2,1-3H3;8*2-3H2,1H3;4*1H2;;;;;;;;/q;;;;8*-1;;;;;4*-2;;;;/p-4. The molecule has 28 nitrogen and oxygen atoms in total. The second-order valence-electron chi connectivity index (χ2n) is 25.8. The minimum absolute atomic E-state index is 0. The molecule has 40 heteroatoms. The fourth-order valence-electron chi connectivity index (χ4n) is 8.79. The van der Waals surface area contributed by atoms with Gasteiger partial charge in [0.15, 0.2) is 0 Å². The second-order valence-corrected chi connectivity index (χ2v) is 29.1. The molecule has 0 saturated heterocycles. The Labute approximate surface area is 878 Å². The van der Waals surface area contributed by atoms with Gasteiger partial charge in [-0.1, -0.05) is 178 Å². The third-order valence-corrected chi connectivity index (χ3v) is 14.0. The SMILES string of the molecule is CCC[O-].CCC[O-].CCC[O-].CCC[O-].CCC[O-].CCC[O-].CCC[O-].CCC[O-].COc1cc(C)cc(CN(C)Cc2ccccn2)c1[O-].COc1cc(C)cc(CN(C)Cc2ccccn2)c1[O-].COc1cc(C)cc(CN(C)Cc2ccccn2)c1[O-].COc1cc(C)cc(CN(C)Cc2ccccn2)c1[O-].ClCCl.ClCCl.ClCCl.ClCCl.[O-2].[O-2].[O-2].[O-2].[V].[V].[V].[V]. The molecule has 0 amide bonds. The number of halogens is 8. The molecule has 4 aromatic carbocycles. The van der Waals surface area contributed by atoms with Gasteiger partial charge in [0, 0.05) is 151 Å². The minimum atomic E-state index is -0.0361. The van der Waals surface area contributed by atoms with Crippen molar-refractivity contribution in [3.63, 3.8) is 0 Å². The van der Waals surface area contributed by atoms with Gasteiger partial charge in [0.1, 0.15) is 23.0 Å². The smallest absolute Gasteiger partial charge is 0.111 e. The molecule has 0 atom stereocenters. The molecule has 132 heavy (non-hydrogen) atoms. The van der Waals surface area contributed by atoms with Crippen LogP contribution in [0.5, 0.6) is 46.0 Å². The van der Waals surface area contributed by atoms with Crippen molar-refractivity contribution in [2.45, 2.75) is 187 Å². The molecule has 0 unspecified atom stereocenters. The molecule has 764 valence electrons. The fraction of sp³-hybridized carbons (Fsp3) is 0.522. The van der Waals surface area contributed by atoms with Gasteiger partial charge in [-0.25, -0.2) is 0 Å². The van der Waals surface area contributed by atoms with Gasteiger partial charge in [-0.05, 0) is 173 Å². The van der Waals surface area contributed by atoms with Crippen LogP contribution >= 0.6 is 92.8 Å². The average molecular weight is 2170 g/mol. The molecule has 0 aliphatic carbocycles.